The third-order valence-corrected chi connectivity index (χ3v) is 4.61. The number of anilines is 3. The molecule has 1 heterocycles. The van der Waals surface area contributed by atoms with Crippen LogP contribution in [-0.4, -0.2) is 21.7 Å². The van der Waals surface area contributed by atoms with Crippen molar-refractivity contribution in [1.29, 1.82) is 0 Å². The van der Waals surface area contributed by atoms with Gasteiger partial charge >= 0.3 is 0 Å². The first-order valence-electron chi connectivity index (χ1n) is 9.51. The highest BCUT2D eigenvalue weighted by atomic mass is 16.2. The van der Waals surface area contributed by atoms with Crippen molar-refractivity contribution in [2.75, 3.05) is 10.6 Å². The molecule has 0 fully saturated rings. The molecule has 6 nitrogen and oxygen atoms in total. The second-order valence-corrected chi connectivity index (χ2v) is 6.89. The number of aryl methyl sites for hydroxylation is 3. The van der Waals surface area contributed by atoms with Crippen molar-refractivity contribution in [2.45, 2.75) is 34.1 Å². The average Bonchev–Trinajstić information content (AvgIpc) is 2.69. The Morgan fingerprint density at radius 1 is 1.00 bits per heavy atom. The number of carbonyl (C=O) groups is 2. The fourth-order valence-electron chi connectivity index (χ4n) is 3.04. The summed E-state index contributed by atoms with van der Waals surface area (Å²) in [6.07, 6.45) is 0.823. The number of carbonyl (C=O) groups excluding carboxylic acids is 2. The number of hydrogen-bond donors (Lipinski definition) is 2. The number of rotatable bonds is 6. The van der Waals surface area contributed by atoms with Crippen LogP contribution in [0.15, 0.2) is 48.5 Å². The van der Waals surface area contributed by atoms with E-state index in [-0.39, 0.29) is 17.4 Å². The molecule has 148 valence electrons. The summed E-state index contributed by atoms with van der Waals surface area (Å²) in [6, 6.07) is 14.6. The largest absolute Gasteiger partial charge is 0.324 e. The Morgan fingerprint density at radius 3 is 2.38 bits per heavy atom. The summed E-state index contributed by atoms with van der Waals surface area (Å²) in [5.41, 5.74) is 5.23. The van der Waals surface area contributed by atoms with E-state index in [1.807, 2.05) is 32.0 Å². The lowest BCUT2D eigenvalue weighted by molar-refractivity contribution is 0.101. The molecule has 0 spiro atoms. The van der Waals surface area contributed by atoms with E-state index in [2.05, 4.69) is 27.5 Å². The average molecular weight is 388 g/mol. The van der Waals surface area contributed by atoms with Gasteiger partial charge in [0, 0.05) is 22.6 Å². The van der Waals surface area contributed by atoms with Gasteiger partial charge in [0.25, 0.3) is 5.91 Å². The van der Waals surface area contributed by atoms with E-state index in [1.165, 1.54) is 6.92 Å². The van der Waals surface area contributed by atoms with Crippen molar-refractivity contribution >= 4 is 29.0 Å². The van der Waals surface area contributed by atoms with E-state index in [9.17, 15) is 9.59 Å². The SMILES string of the molecule is CCc1cccc(C)c1NC(=O)c1cc(C)nc(Nc2ccc(C(C)=O)cc2)n1. The summed E-state index contributed by atoms with van der Waals surface area (Å²) in [4.78, 5) is 33.0. The van der Waals surface area contributed by atoms with Crippen LogP contribution in [0.3, 0.4) is 0 Å². The molecule has 2 N–H and O–H groups in total. The van der Waals surface area contributed by atoms with Gasteiger partial charge in [-0.25, -0.2) is 9.97 Å². The molecular weight excluding hydrogens is 364 g/mol. The van der Waals surface area contributed by atoms with E-state index in [0.717, 1.165) is 28.9 Å². The molecule has 29 heavy (non-hydrogen) atoms. The number of para-hydroxylation sites is 1. The summed E-state index contributed by atoms with van der Waals surface area (Å²) in [6.45, 7) is 7.36. The van der Waals surface area contributed by atoms with Crippen LogP contribution < -0.4 is 10.6 Å². The molecule has 3 rings (SSSR count). The van der Waals surface area contributed by atoms with Crippen LogP contribution in [0, 0.1) is 13.8 Å². The van der Waals surface area contributed by atoms with Crippen LogP contribution in [0.2, 0.25) is 0 Å². The predicted octanol–water partition coefficient (Wildman–Crippen LogP) is 4.85. The first kappa shape index (κ1) is 20.2. The molecule has 0 atom stereocenters. The zero-order chi connectivity index (χ0) is 21.0. The molecule has 1 amide bonds. The molecular formula is C23H24N4O2. The van der Waals surface area contributed by atoms with Crippen LogP contribution >= 0.6 is 0 Å². The van der Waals surface area contributed by atoms with E-state index in [0.29, 0.717) is 17.2 Å². The van der Waals surface area contributed by atoms with Gasteiger partial charge in [-0.05, 0) is 68.7 Å². The highest BCUT2D eigenvalue weighted by Crippen LogP contribution is 2.22. The molecule has 0 aliphatic rings. The smallest absolute Gasteiger partial charge is 0.274 e. The molecule has 0 saturated carbocycles. The Kier molecular flexibility index (Phi) is 6.02. The van der Waals surface area contributed by atoms with Crippen LogP contribution in [-0.2, 0) is 6.42 Å². The number of nitrogens with zero attached hydrogens (tertiary/aromatic N) is 2. The van der Waals surface area contributed by atoms with Gasteiger partial charge in [-0.15, -0.1) is 0 Å². The number of Topliss-reactive ketones (excluding diaryl/α,β-unsaturated/α-hetero) is 1. The lowest BCUT2D eigenvalue weighted by Crippen LogP contribution is -2.17. The second-order valence-electron chi connectivity index (χ2n) is 6.89. The van der Waals surface area contributed by atoms with Gasteiger partial charge in [0.15, 0.2) is 5.78 Å². The highest BCUT2D eigenvalue weighted by molar-refractivity contribution is 6.04. The maximum absolute atomic E-state index is 12.8. The van der Waals surface area contributed by atoms with E-state index < -0.39 is 0 Å². The van der Waals surface area contributed by atoms with E-state index in [4.69, 9.17) is 0 Å². The van der Waals surface area contributed by atoms with Gasteiger partial charge in [0.2, 0.25) is 5.95 Å². The molecule has 0 radical (unpaired) electrons. The Hall–Kier alpha value is -3.54. The number of aromatic nitrogens is 2. The Balaban J connectivity index is 1.83. The predicted molar refractivity (Wildman–Crippen MR) is 115 cm³/mol. The zero-order valence-corrected chi connectivity index (χ0v) is 17.0. The maximum atomic E-state index is 12.8. The summed E-state index contributed by atoms with van der Waals surface area (Å²) in [5, 5.41) is 6.08. The molecule has 2 aromatic carbocycles. The molecule has 0 unspecified atom stereocenters. The molecule has 6 heteroatoms. The Morgan fingerprint density at radius 2 is 1.72 bits per heavy atom. The molecule has 3 aromatic rings. The molecule has 0 aliphatic heterocycles. The molecule has 0 aliphatic carbocycles. The summed E-state index contributed by atoms with van der Waals surface area (Å²) >= 11 is 0. The van der Waals surface area contributed by atoms with Gasteiger partial charge in [-0.3, -0.25) is 9.59 Å². The van der Waals surface area contributed by atoms with Crippen LogP contribution in [0.1, 0.15) is 51.5 Å². The molecule has 0 bridgehead atoms. The normalized spacial score (nSPS) is 10.5. The van der Waals surface area contributed by atoms with E-state index in [1.54, 1.807) is 30.3 Å². The minimum Gasteiger partial charge on any atom is -0.324 e. The van der Waals surface area contributed by atoms with Gasteiger partial charge < -0.3 is 10.6 Å². The summed E-state index contributed by atoms with van der Waals surface area (Å²) < 4.78 is 0. The number of hydrogen-bond acceptors (Lipinski definition) is 5. The zero-order valence-electron chi connectivity index (χ0n) is 17.0. The number of ketones is 1. The standard InChI is InChI=1S/C23H24N4O2/c1-5-17-8-6-7-14(2)21(17)27-22(29)20-13-15(3)24-23(26-20)25-19-11-9-18(10-12-19)16(4)28/h6-13H,5H2,1-4H3,(H,27,29)(H,24,25,26). The number of nitrogens with one attached hydrogen (secondary N) is 2. The fraction of sp³-hybridized carbons (Fsp3) is 0.217. The quantitative estimate of drug-likeness (QED) is 0.590. The van der Waals surface area contributed by atoms with Crippen molar-refractivity contribution in [3.63, 3.8) is 0 Å². The number of amides is 1. The van der Waals surface area contributed by atoms with E-state index >= 15 is 0 Å². The minimum atomic E-state index is -0.283. The lowest BCUT2D eigenvalue weighted by atomic mass is 10.1. The minimum absolute atomic E-state index is 0.00460. The van der Waals surface area contributed by atoms with Gasteiger partial charge in [0.05, 0.1) is 0 Å². The first-order valence-corrected chi connectivity index (χ1v) is 9.51. The Labute approximate surface area is 170 Å². The van der Waals surface area contributed by atoms with Crippen molar-refractivity contribution in [3.05, 3.63) is 76.6 Å². The van der Waals surface area contributed by atoms with Crippen LogP contribution in [0.5, 0.6) is 0 Å². The summed E-state index contributed by atoms with van der Waals surface area (Å²) in [7, 11) is 0. The first-order chi connectivity index (χ1) is 13.9. The van der Waals surface area contributed by atoms with Crippen molar-refractivity contribution in [2.24, 2.45) is 0 Å². The third kappa shape index (κ3) is 4.85. The molecule has 0 saturated heterocycles. The maximum Gasteiger partial charge on any atom is 0.274 e. The van der Waals surface area contributed by atoms with Gasteiger partial charge in [0.1, 0.15) is 5.69 Å². The Bertz CT molecular complexity index is 1060. The van der Waals surface area contributed by atoms with Crippen LogP contribution in [0.4, 0.5) is 17.3 Å². The van der Waals surface area contributed by atoms with Crippen molar-refractivity contribution in [3.8, 4) is 0 Å². The van der Waals surface area contributed by atoms with Crippen molar-refractivity contribution in [1.82, 2.24) is 9.97 Å². The lowest BCUT2D eigenvalue weighted by Gasteiger charge is -2.13. The van der Waals surface area contributed by atoms with Crippen molar-refractivity contribution < 1.29 is 9.59 Å². The van der Waals surface area contributed by atoms with Gasteiger partial charge in [-0.1, -0.05) is 25.1 Å². The highest BCUT2D eigenvalue weighted by Gasteiger charge is 2.14. The number of benzene rings is 2. The second kappa shape index (κ2) is 8.65. The van der Waals surface area contributed by atoms with Gasteiger partial charge in [-0.2, -0.15) is 0 Å². The topological polar surface area (TPSA) is 84.0 Å². The monoisotopic (exact) mass is 388 g/mol. The van der Waals surface area contributed by atoms with Crippen LogP contribution in [0.25, 0.3) is 0 Å². The fourth-order valence-corrected chi connectivity index (χ4v) is 3.04. The third-order valence-electron chi connectivity index (χ3n) is 4.61. The summed E-state index contributed by atoms with van der Waals surface area (Å²) in [5.74, 6) is 0.0469. The molecule has 1 aromatic heterocycles.